The molecule has 0 atom stereocenters. The number of rotatable bonds is 2. The maximum Gasteiger partial charge on any atom is -0.00201 e. The van der Waals surface area contributed by atoms with Gasteiger partial charge in [0.25, 0.3) is 0 Å². The van der Waals surface area contributed by atoms with Crippen molar-refractivity contribution in [1.29, 1.82) is 0 Å². The van der Waals surface area contributed by atoms with Crippen molar-refractivity contribution in [2.45, 2.75) is 0 Å². The van der Waals surface area contributed by atoms with Crippen molar-refractivity contribution < 1.29 is 0 Å². The molecular formula is C38H24. The molecule has 8 aromatic rings. The minimum absolute atomic E-state index is 1.24. The van der Waals surface area contributed by atoms with E-state index in [4.69, 9.17) is 0 Å². The van der Waals surface area contributed by atoms with E-state index in [1.54, 1.807) is 0 Å². The number of fused-ring (bicyclic) bond motifs is 8. The molecule has 0 heteroatoms. The first-order valence-electron chi connectivity index (χ1n) is 13.2. The highest BCUT2D eigenvalue weighted by atomic mass is 14.2. The zero-order valence-corrected chi connectivity index (χ0v) is 20.9. The summed E-state index contributed by atoms with van der Waals surface area (Å²) in [5.41, 5.74) is 5.08. The zero-order valence-electron chi connectivity index (χ0n) is 20.9. The topological polar surface area (TPSA) is 0 Å². The summed E-state index contributed by atoms with van der Waals surface area (Å²) in [6.07, 6.45) is 0. The van der Waals surface area contributed by atoms with E-state index in [1.165, 1.54) is 76.1 Å². The molecule has 0 aliphatic carbocycles. The molecule has 0 bridgehead atoms. The lowest BCUT2D eigenvalue weighted by molar-refractivity contribution is 1.64. The zero-order chi connectivity index (χ0) is 25.1. The monoisotopic (exact) mass is 480 g/mol. The molecule has 0 fully saturated rings. The largest absolute Gasteiger partial charge is 0.0622 e. The van der Waals surface area contributed by atoms with Crippen molar-refractivity contribution >= 4 is 53.9 Å². The number of hydrogen-bond acceptors (Lipinski definition) is 0. The van der Waals surface area contributed by atoms with Gasteiger partial charge in [0.15, 0.2) is 0 Å². The second-order valence-electron chi connectivity index (χ2n) is 10.1. The van der Waals surface area contributed by atoms with Gasteiger partial charge in [-0.15, -0.1) is 0 Å². The van der Waals surface area contributed by atoms with Gasteiger partial charge in [0.05, 0.1) is 0 Å². The van der Waals surface area contributed by atoms with Crippen LogP contribution >= 0.6 is 0 Å². The molecule has 0 N–H and O–H groups in total. The van der Waals surface area contributed by atoms with E-state index in [0.29, 0.717) is 0 Å². The molecule has 8 aromatic carbocycles. The molecule has 0 saturated carbocycles. The van der Waals surface area contributed by atoms with Gasteiger partial charge in [0.2, 0.25) is 0 Å². The summed E-state index contributed by atoms with van der Waals surface area (Å²) in [6.45, 7) is 0. The van der Waals surface area contributed by atoms with Crippen LogP contribution in [0.5, 0.6) is 0 Å². The Hall–Kier alpha value is -4.94. The molecule has 176 valence electrons. The Morgan fingerprint density at radius 1 is 0.289 bits per heavy atom. The van der Waals surface area contributed by atoms with Crippen LogP contribution in [0.4, 0.5) is 0 Å². The average Bonchev–Trinajstić information content (AvgIpc) is 3.00. The smallest absolute Gasteiger partial charge is 0.00201 e. The second kappa shape index (κ2) is 8.30. The SMILES string of the molecule is c1ccc(-c2c(-c3cccc4c5ccccc5c5ccccc5c34)ccc3cc4ccccc4cc23)cc1. The minimum atomic E-state index is 1.24. The Balaban J connectivity index is 1.57. The summed E-state index contributed by atoms with van der Waals surface area (Å²) in [6, 6.07) is 53.3. The van der Waals surface area contributed by atoms with Crippen molar-refractivity contribution in [2.75, 3.05) is 0 Å². The van der Waals surface area contributed by atoms with Crippen LogP contribution in [0.15, 0.2) is 146 Å². The molecule has 0 radical (unpaired) electrons. The molecule has 0 aromatic heterocycles. The quantitative estimate of drug-likeness (QED) is 0.170. The van der Waals surface area contributed by atoms with Crippen LogP contribution in [0.3, 0.4) is 0 Å². The third-order valence-corrected chi connectivity index (χ3v) is 8.01. The summed E-state index contributed by atoms with van der Waals surface area (Å²) in [5.74, 6) is 0. The predicted molar refractivity (Wildman–Crippen MR) is 165 cm³/mol. The van der Waals surface area contributed by atoms with Gasteiger partial charge in [-0.05, 0) is 88.2 Å². The highest BCUT2D eigenvalue weighted by molar-refractivity contribution is 6.29. The first-order valence-corrected chi connectivity index (χ1v) is 13.2. The average molecular weight is 481 g/mol. The normalized spacial score (nSPS) is 11.7. The first-order chi connectivity index (χ1) is 18.9. The van der Waals surface area contributed by atoms with Gasteiger partial charge >= 0.3 is 0 Å². The van der Waals surface area contributed by atoms with Crippen LogP contribution in [-0.2, 0) is 0 Å². The fourth-order valence-corrected chi connectivity index (χ4v) is 6.33. The summed E-state index contributed by atoms with van der Waals surface area (Å²) < 4.78 is 0. The number of hydrogen-bond donors (Lipinski definition) is 0. The lowest BCUT2D eigenvalue weighted by Gasteiger charge is -2.19. The van der Waals surface area contributed by atoms with Crippen LogP contribution < -0.4 is 0 Å². The fourth-order valence-electron chi connectivity index (χ4n) is 6.33. The van der Waals surface area contributed by atoms with E-state index in [9.17, 15) is 0 Å². The first kappa shape index (κ1) is 21.2. The van der Waals surface area contributed by atoms with Gasteiger partial charge in [0.1, 0.15) is 0 Å². The molecule has 38 heavy (non-hydrogen) atoms. The molecule has 0 aliphatic rings. The van der Waals surface area contributed by atoms with E-state index >= 15 is 0 Å². The summed E-state index contributed by atoms with van der Waals surface area (Å²) in [7, 11) is 0. The van der Waals surface area contributed by atoms with Gasteiger partial charge in [-0.25, -0.2) is 0 Å². The molecule has 0 saturated heterocycles. The highest BCUT2D eigenvalue weighted by Gasteiger charge is 2.17. The van der Waals surface area contributed by atoms with Crippen molar-refractivity contribution in [3.63, 3.8) is 0 Å². The van der Waals surface area contributed by atoms with Crippen molar-refractivity contribution in [2.24, 2.45) is 0 Å². The predicted octanol–water partition coefficient (Wildman–Crippen LogP) is 10.8. The van der Waals surface area contributed by atoms with Crippen LogP contribution in [-0.4, -0.2) is 0 Å². The van der Waals surface area contributed by atoms with E-state index in [1.807, 2.05) is 0 Å². The summed E-state index contributed by atoms with van der Waals surface area (Å²) in [5, 5.41) is 12.9. The number of benzene rings is 8. The van der Waals surface area contributed by atoms with E-state index in [2.05, 4.69) is 146 Å². The van der Waals surface area contributed by atoms with Crippen LogP contribution in [0, 0.1) is 0 Å². The summed E-state index contributed by atoms with van der Waals surface area (Å²) in [4.78, 5) is 0. The van der Waals surface area contributed by atoms with E-state index in [-0.39, 0.29) is 0 Å². The molecule has 0 nitrogen and oxygen atoms in total. The summed E-state index contributed by atoms with van der Waals surface area (Å²) >= 11 is 0. The van der Waals surface area contributed by atoms with Gasteiger partial charge < -0.3 is 0 Å². The Kier molecular flexibility index (Phi) is 4.62. The molecule has 0 aliphatic heterocycles. The molecule has 0 amide bonds. The second-order valence-corrected chi connectivity index (χ2v) is 10.1. The standard InChI is InChI=1S/C38H24/c1-2-11-25(12-3-1)37-35(22-21-28-23-26-13-4-5-14-27(26)24-36(28)37)34-20-10-19-33-31-16-7-6-15-29(31)30-17-8-9-18-32(30)38(33)34/h1-24H. The Morgan fingerprint density at radius 3 is 1.55 bits per heavy atom. The maximum atomic E-state index is 2.37. The molecule has 0 spiro atoms. The van der Waals surface area contributed by atoms with Gasteiger partial charge in [-0.3, -0.25) is 0 Å². The molecule has 0 heterocycles. The molecule has 0 unspecified atom stereocenters. The molecule has 8 rings (SSSR count). The van der Waals surface area contributed by atoms with Crippen LogP contribution in [0.2, 0.25) is 0 Å². The third-order valence-electron chi connectivity index (χ3n) is 8.01. The van der Waals surface area contributed by atoms with Gasteiger partial charge in [0, 0.05) is 0 Å². The Morgan fingerprint density at radius 2 is 0.842 bits per heavy atom. The van der Waals surface area contributed by atoms with E-state index in [0.717, 1.165) is 0 Å². The third kappa shape index (κ3) is 3.11. The lowest BCUT2D eigenvalue weighted by atomic mass is 9.85. The van der Waals surface area contributed by atoms with E-state index < -0.39 is 0 Å². The van der Waals surface area contributed by atoms with Crippen LogP contribution in [0.1, 0.15) is 0 Å². The van der Waals surface area contributed by atoms with Crippen molar-refractivity contribution in [3.05, 3.63) is 146 Å². The highest BCUT2D eigenvalue weighted by Crippen LogP contribution is 2.45. The Bertz CT molecular complexity index is 2120. The van der Waals surface area contributed by atoms with Crippen molar-refractivity contribution in [3.8, 4) is 22.3 Å². The fraction of sp³-hybridized carbons (Fsp3) is 0. The minimum Gasteiger partial charge on any atom is -0.0622 e. The lowest BCUT2D eigenvalue weighted by Crippen LogP contribution is -1.91. The van der Waals surface area contributed by atoms with Crippen LogP contribution in [0.25, 0.3) is 76.1 Å². The van der Waals surface area contributed by atoms with Crippen molar-refractivity contribution in [1.82, 2.24) is 0 Å². The van der Waals surface area contributed by atoms with Gasteiger partial charge in [-0.2, -0.15) is 0 Å². The molecular weight excluding hydrogens is 456 g/mol. The Labute approximate surface area is 221 Å². The maximum absolute atomic E-state index is 2.37. The van der Waals surface area contributed by atoms with Gasteiger partial charge in [-0.1, -0.05) is 133 Å².